The first-order chi connectivity index (χ1) is 16.6. The fourth-order valence-electron chi connectivity index (χ4n) is 3.60. The van der Waals surface area contributed by atoms with Crippen molar-refractivity contribution in [1.82, 2.24) is 0 Å². The van der Waals surface area contributed by atoms with Gasteiger partial charge in [0.15, 0.2) is 5.12 Å². The largest absolute Gasteiger partial charge is 0.756 e. The summed E-state index contributed by atoms with van der Waals surface area (Å²) in [7, 11) is 1.47. The van der Waals surface area contributed by atoms with E-state index in [1.807, 2.05) is 21.1 Å². The van der Waals surface area contributed by atoms with Crippen molar-refractivity contribution in [3.8, 4) is 0 Å². The Kier molecular flexibility index (Phi) is 22.1. The molecule has 0 fully saturated rings. The van der Waals surface area contributed by atoms with Crippen LogP contribution in [0.25, 0.3) is 0 Å². The van der Waals surface area contributed by atoms with Crippen molar-refractivity contribution in [2.24, 2.45) is 0 Å². The second kappa shape index (κ2) is 22.1. The van der Waals surface area contributed by atoms with E-state index in [2.05, 4.69) is 6.92 Å². The van der Waals surface area contributed by atoms with Crippen molar-refractivity contribution in [2.45, 2.75) is 109 Å². The number of quaternary nitrogens is 1. The van der Waals surface area contributed by atoms with Crippen LogP contribution < -0.4 is 4.89 Å². The highest BCUT2D eigenvalue weighted by Crippen LogP contribution is 2.39. The summed E-state index contributed by atoms with van der Waals surface area (Å²) in [5.41, 5.74) is 0. The number of ether oxygens (including phenoxy) is 1. The number of carbonyl (C=O) groups is 1. The molecule has 7 nitrogen and oxygen atoms in total. The lowest BCUT2D eigenvalue weighted by Gasteiger charge is -2.28. The van der Waals surface area contributed by atoms with Gasteiger partial charge in [-0.3, -0.25) is 9.36 Å². The minimum atomic E-state index is -4.39. The molecule has 0 saturated carbocycles. The number of unbranched alkanes of at least 4 members (excludes halogenated alkanes) is 13. The lowest BCUT2D eigenvalue weighted by molar-refractivity contribution is -0.870. The summed E-state index contributed by atoms with van der Waals surface area (Å²) in [6, 6.07) is 0. The Morgan fingerprint density at radius 2 is 1.29 bits per heavy atom. The molecule has 35 heavy (non-hydrogen) atoms. The molecule has 0 amide bonds. The van der Waals surface area contributed by atoms with Gasteiger partial charge in [0.25, 0.3) is 7.82 Å². The average Bonchev–Trinajstić information content (AvgIpc) is 2.75. The zero-order valence-electron chi connectivity index (χ0n) is 23.3. The molecule has 0 aromatic carbocycles. The van der Waals surface area contributed by atoms with E-state index in [0.717, 1.165) is 24.6 Å². The molecule has 210 valence electrons. The molecule has 0 aliphatic carbocycles. The van der Waals surface area contributed by atoms with Gasteiger partial charge in [-0.2, -0.15) is 0 Å². The first kappa shape index (κ1) is 35.0. The van der Waals surface area contributed by atoms with Gasteiger partial charge in [0.1, 0.15) is 13.2 Å². The van der Waals surface area contributed by atoms with E-state index in [4.69, 9.17) is 13.8 Å². The second-order valence-corrected chi connectivity index (χ2v) is 13.4. The zero-order valence-corrected chi connectivity index (χ0v) is 25.0. The fraction of sp³-hybridized carbons (Fsp3) is 0.962. The third kappa shape index (κ3) is 26.9. The Hall–Kier alpha value is 0.0500. The molecule has 0 bridgehead atoms. The van der Waals surface area contributed by atoms with E-state index in [0.29, 0.717) is 17.6 Å². The van der Waals surface area contributed by atoms with Gasteiger partial charge in [0, 0.05) is 13.5 Å². The summed E-state index contributed by atoms with van der Waals surface area (Å²) in [5, 5.41) is -0.464. The number of rotatable bonds is 25. The lowest BCUT2D eigenvalue weighted by atomic mass is 10.0. The summed E-state index contributed by atoms with van der Waals surface area (Å²) in [6.45, 7) is 5.09. The molecule has 0 N–H and O–H groups in total. The van der Waals surface area contributed by atoms with Crippen LogP contribution in [0.2, 0.25) is 0 Å². The normalized spacial score (nSPS) is 14.7. The van der Waals surface area contributed by atoms with E-state index in [1.54, 1.807) is 0 Å². The summed E-state index contributed by atoms with van der Waals surface area (Å²) in [6.07, 6.45) is 18.3. The summed E-state index contributed by atoms with van der Waals surface area (Å²) >= 11 is 1.05. The number of likely N-dealkylation sites (N-methyl/N-ethyl adjacent to an activating group) is 1. The Labute approximate surface area is 220 Å². The minimum Gasteiger partial charge on any atom is -0.756 e. The second-order valence-electron chi connectivity index (χ2n) is 10.5. The van der Waals surface area contributed by atoms with Gasteiger partial charge in [-0.05, 0) is 6.42 Å². The molecule has 0 aromatic heterocycles. The number of nitrogens with zero attached hydrogens (tertiary/aromatic N) is 1. The molecule has 0 aliphatic rings. The molecule has 0 radical (unpaired) electrons. The monoisotopic (exact) mass is 539 g/mol. The van der Waals surface area contributed by atoms with Crippen LogP contribution in [-0.4, -0.2) is 69.0 Å². The molecular weight excluding hydrogens is 485 g/mol. The standard InChI is InChI=1S/C26H54NO6PS/c1-6-7-8-9-10-11-12-13-14-15-16-17-18-19-21-31-23-26(35-25(2)28)24-33-34(29,30)32-22-20-27(3,4)5/h26H,6-24H2,1-5H3/t26-/m0/s1. The van der Waals surface area contributed by atoms with E-state index < -0.39 is 7.82 Å². The van der Waals surface area contributed by atoms with Crippen molar-refractivity contribution in [3.05, 3.63) is 0 Å². The summed E-state index contributed by atoms with van der Waals surface area (Å²) in [5.74, 6) is 0. The van der Waals surface area contributed by atoms with Crippen LogP contribution in [0.3, 0.4) is 0 Å². The molecule has 2 atom stereocenters. The number of thioether (sulfide) groups is 1. The number of hydrogen-bond acceptors (Lipinski definition) is 7. The summed E-state index contributed by atoms with van der Waals surface area (Å²) < 4.78 is 28.2. The van der Waals surface area contributed by atoms with Gasteiger partial charge in [-0.1, -0.05) is 102 Å². The van der Waals surface area contributed by atoms with Crippen LogP contribution in [0.1, 0.15) is 104 Å². The predicted octanol–water partition coefficient (Wildman–Crippen LogP) is 6.34. The maximum atomic E-state index is 12.0. The van der Waals surface area contributed by atoms with Crippen LogP contribution in [-0.2, 0) is 23.1 Å². The van der Waals surface area contributed by atoms with Crippen LogP contribution >= 0.6 is 19.6 Å². The van der Waals surface area contributed by atoms with E-state index in [1.165, 1.54) is 84.0 Å². The maximum absolute atomic E-state index is 12.0. The highest BCUT2D eigenvalue weighted by Gasteiger charge is 2.19. The van der Waals surface area contributed by atoms with Crippen molar-refractivity contribution in [2.75, 3.05) is 54.1 Å². The minimum absolute atomic E-state index is 0.0599. The van der Waals surface area contributed by atoms with Gasteiger partial charge in [0.2, 0.25) is 0 Å². The highest BCUT2D eigenvalue weighted by atomic mass is 32.2. The molecule has 0 aromatic rings. The smallest absolute Gasteiger partial charge is 0.268 e. The Morgan fingerprint density at radius 1 is 0.800 bits per heavy atom. The molecular formula is C26H54NO6PS. The van der Waals surface area contributed by atoms with Gasteiger partial charge < -0.3 is 23.2 Å². The van der Waals surface area contributed by atoms with E-state index in [9.17, 15) is 14.3 Å². The lowest BCUT2D eigenvalue weighted by Crippen LogP contribution is -2.37. The zero-order chi connectivity index (χ0) is 26.4. The summed E-state index contributed by atoms with van der Waals surface area (Å²) in [4.78, 5) is 23.5. The third-order valence-electron chi connectivity index (χ3n) is 5.71. The van der Waals surface area contributed by atoms with E-state index >= 15 is 0 Å². The number of carbonyl (C=O) groups excluding carboxylic acids is 1. The molecule has 0 aliphatic heterocycles. The van der Waals surface area contributed by atoms with Crippen LogP contribution in [0.15, 0.2) is 0 Å². The van der Waals surface area contributed by atoms with Crippen LogP contribution in [0, 0.1) is 0 Å². The van der Waals surface area contributed by atoms with Crippen LogP contribution in [0.5, 0.6) is 0 Å². The number of phosphoric ester groups is 1. The van der Waals surface area contributed by atoms with Crippen molar-refractivity contribution in [1.29, 1.82) is 0 Å². The topological polar surface area (TPSA) is 84.9 Å². The van der Waals surface area contributed by atoms with E-state index in [-0.39, 0.29) is 30.2 Å². The van der Waals surface area contributed by atoms with Gasteiger partial charge in [-0.25, -0.2) is 0 Å². The third-order valence-corrected chi connectivity index (χ3v) is 7.61. The SMILES string of the molecule is CCCCCCCCCCCCCCCCOC[C@@H](COP(=O)([O-])OCC[N+](C)(C)C)SC(C)=O. The van der Waals surface area contributed by atoms with Gasteiger partial charge in [0.05, 0.1) is 39.6 Å². The average molecular weight is 540 g/mol. The molecule has 0 rings (SSSR count). The molecule has 0 saturated heterocycles. The van der Waals surface area contributed by atoms with Gasteiger partial charge in [-0.15, -0.1) is 0 Å². The number of phosphoric acid groups is 1. The Bertz CT molecular complexity index is 558. The Morgan fingerprint density at radius 3 is 1.74 bits per heavy atom. The van der Waals surface area contributed by atoms with Crippen molar-refractivity contribution >= 4 is 24.7 Å². The molecule has 1 unspecified atom stereocenters. The molecule has 0 heterocycles. The maximum Gasteiger partial charge on any atom is 0.268 e. The highest BCUT2D eigenvalue weighted by molar-refractivity contribution is 8.14. The van der Waals surface area contributed by atoms with Crippen molar-refractivity contribution < 1.29 is 32.5 Å². The first-order valence-corrected chi connectivity index (χ1v) is 16.1. The van der Waals surface area contributed by atoms with Crippen LogP contribution in [0.4, 0.5) is 0 Å². The molecule has 9 heteroatoms. The predicted molar refractivity (Wildman–Crippen MR) is 146 cm³/mol. The quantitative estimate of drug-likeness (QED) is 0.0760. The Balaban J connectivity index is 3.77. The fourth-order valence-corrected chi connectivity index (χ4v) is 5.22. The van der Waals surface area contributed by atoms with Gasteiger partial charge >= 0.3 is 0 Å². The number of hydrogen-bond donors (Lipinski definition) is 0. The molecule has 0 spiro atoms. The first-order valence-electron chi connectivity index (χ1n) is 13.7. The van der Waals surface area contributed by atoms with Crippen molar-refractivity contribution in [3.63, 3.8) is 0 Å².